The molecule has 0 saturated carbocycles. The van der Waals surface area contributed by atoms with Gasteiger partial charge in [0.2, 0.25) is 0 Å². The first-order chi connectivity index (χ1) is 11.4. The summed E-state index contributed by atoms with van der Waals surface area (Å²) in [6.45, 7) is 3.75. The van der Waals surface area contributed by atoms with Gasteiger partial charge in [0.1, 0.15) is 0 Å². The number of hydrogen-bond donors (Lipinski definition) is 0. The molecule has 1 aliphatic rings. The molecule has 2 aromatic heterocycles. The van der Waals surface area contributed by atoms with E-state index in [1.165, 1.54) is 0 Å². The lowest BCUT2D eigenvalue weighted by atomic mass is 10.2. The molecule has 0 N–H and O–H groups in total. The van der Waals surface area contributed by atoms with Crippen molar-refractivity contribution in [1.29, 1.82) is 0 Å². The van der Waals surface area contributed by atoms with E-state index in [1.54, 1.807) is 22.1 Å². The van der Waals surface area contributed by atoms with E-state index in [1.807, 2.05) is 0 Å². The van der Waals surface area contributed by atoms with Crippen LogP contribution in [0, 0.1) is 5.82 Å². The number of piperazine rings is 1. The number of halogens is 4. The Bertz CT molecular complexity index is 664. The summed E-state index contributed by atoms with van der Waals surface area (Å²) >= 11 is 0. The predicted octanol–water partition coefficient (Wildman–Crippen LogP) is 1.65. The van der Waals surface area contributed by atoms with E-state index >= 15 is 0 Å². The molecule has 10 heteroatoms. The Kier molecular flexibility index (Phi) is 4.65. The lowest BCUT2D eigenvalue weighted by Crippen LogP contribution is -2.47. The molecule has 0 bridgehead atoms. The van der Waals surface area contributed by atoms with E-state index in [2.05, 4.69) is 20.1 Å². The normalized spacial score (nSPS) is 16.6. The number of rotatable bonds is 4. The molecule has 0 aromatic carbocycles. The van der Waals surface area contributed by atoms with Crippen LogP contribution in [0.2, 0.25) is 0 Å². The Morgan fingerprint density at radius 3 is 2.25 bits per heavy atom. The summed E-state index contributed by atoms with van der Waals surface area (Å²) in [4.78, 5) is 9.09. The minimum atomic E-state index is -4.59. The number of aromatic nitrogens is 4. The number of alkyl halides is 3. The minimum absolute atomic E-state index is 0.0311. The number of nitrogens with zero attached hydrogens (tertiary/aromatic N) is 6. The van der Waals surface area contributed by atoms with Crippen molar-refractivity contribution in [3.8, 4) is 0 Å². The minimum Gasteiger partial charge on any atom is -0.352 e. The van der Waals surface area contributed by atoms with E-state index in [4.69, 9.17) is 0 Å². The third-order valence-corrected chi connectivity index (χ3v) is 3.90. The van der Waals surface area contributed by atoms with Crippen molar-refractivity contribution in [1.82, 2.24) is 24.9 Å². The van der Waals surface area contributed by atoms with Gasteiger partial charge in [0, 0.05) is 38.9 Å². The van der Waals surface area contributed by atoms with Crippen molar-refractivity contribution in [2.24, 2.45) is 0 Å². The number of anilines is 1. The van der Waals surface area contributed by atoms with Gasteiger partial charge in [0.05, 0.1) is 24.5 Å². The van der Waals surface area contributed by atoms with Gasteiger partial charge in [-0.25, -0.2) is 9.37 Å². The second-order valence-corrected chi connectivity index (χ2v) is 5.48. The summed E-state index contributed by atoms with van der Waals surface area (Å²) < 4.78 is 51.6. The van der Waals surface area contributed by atoms with E-state index < -0.39 is 17.6 Å². The van der Waals surface area contributed by atoms with Gasteiger partial charge in [-0.3, -0.25) is 4.90 Å². The number of hydrogen-bond acceptors (Lipinski definition) is 5. The molecule has 0 unspecified atom stereocenters. The maximum absolute atomic E-state index is 14.0. The van der Waals surface area contributed by atoms with Gasteiger partial charge in [-0.1, -0.05) is 0 Å². The highest BCUT2D eigenvalue weighted by molar-refractivity contribution is 5.42. The van der Waals surface area contributed by atoms with Crippen molar-refractivity contribution in [2.45, 2.75) is 12.7 Å². The quantitative estimate of drug-likeness (QED) is 0.790. The van der Waals surface area contributed by atoms with Gasteiger partial charge in [-0.15, -0.1) is 0 Å². The molecule has 0 radical (unpaired) electrons. The van der Waals surface area contributed by atoms with E-state index in [9.17, 15) is 17.6 Å². The molecule has 24 heavy (non-hydrogen) atoms. The molecule has 0 spiro atoms. The Balaban J connectivity index is 1.56. The van der Waals surface area contributed by atoms with Crippen LogP contribution in [0.5, 0.6) is 0 Å². The molecule has 6 nitrogen and oxygen atoms in total. The molecule has 1 fully saturated rings. The average molecular weight is 344 g/mol. The molecule has 1 aliphatic heterocycles. The summed E-state index contributed by atoms with van der Waals surface area (Å²) in [6, 6.07) is 0.498. The zero-order chi connectivity index (χ0) is 17.2. The summed E-state index contributed by atoms with van der Waals surface area (Å²) in [5, 5.41) is 8.04. The largest absolute Gasteiger partial charge is 0.417 e. The molecular weight excluding hydrogens is 328 g/mol. The van der Waals surface area contributed by atoms with Crippen LogP contribution < -0.4 is 4.90 Å². The van der Waals surface area contributed by atoms with Gasteiger partial charge in [-0.2, -0.15) is 28.2 Å². The molecule has 3 rings (SSSR count). The van der Waals surface area contributed by atoms with Crippen molar-refractivity contribution in [3.63, 3.8) is 0 Å². The Morgan fingerprint density at radius 1 is 1.00 bits per heavy atom. The monoisotopic (exact) mass is 344 g/mol. The molecular formula is C14H16F4N6. The molecule has 2 aromatic rings. The van der Waals surface area contributed by atoms with Crippen LogP contribution in [-0.4, -0.2) is 57.6 Å². The third kappa shape index (κ3) is 3.81. The van der Waals surface area contributed by atoms with Crippen LogP contribution in [0.25, 0.3) is 0 Å². The van der Waals surface area contributed by atoms with Crippen LogP contribution in [-0.2, 0) is 12.7 Å². The second-order valence-electron chi connectivity index (χ2n) is 5.48. The fourth-order valence-electron chi connectivity index (χ4n) is 2.59. The van der Waals surface area contributed by atoms with Gasteiger partial charge in [0.15, 0.2) is 11.6 Å². The van der Waals surface area contributed by atoms with Gasteiger partial charge in [-0.05, 0) is 6.07 Å². The lowest BCUT2D eigenvalue weighted by Gasteiger charge is -2.35. The first-order valence-corrected chi connectivity index (χ1v) is 7.47. The van der Waals surface area contributed by atoms with Gasteiger partial charge < -0.3 is 4.90 Å². The zero-order valence-corrected chi connectivity index (χ0v) is 12.7. The van der Waals surface area contributed by atoms with Gasteiger partial charge in [0.25, 0.3) is 0 Å². The van der Waals surface area contributed by atoms with Crippen LogP contribution in [0.15, 0.2) is 24.7 Å². The van der Waals surface area contributed by atoms with Crippen LogP contribution >= 0.6 is 0 Å². The highest BCUT2D eigenvalue weighted by Crippen LogP contribution is 2.31. The zero-order valence-electron chi connectivity index (χ0n) is 12.7. The summed E-state index contributed by atoms with van der Waals surface area (Å²) in [5.41, 5.74) is -1.07. The highest BCUT2D eigenvalue weighted by atomic mass is 19.4. The van der Waals surface area contributed by atoms with E-state index in [0.29, 0.717) is 45.0 Å². The smallest absolute Gasteiger partial charge is 0.352 e. The average Bonchev–Trinajstić information content (AvgIpc) is 3.06. The van der Waals surface area contributed by atoms with Crippen LogP contribution in [0.3, 0.4) is 0 Å². The maximum atomic E-state index is 14.0. The molecule has 3 heterocycles. The topological polar surface area (TPSA) is 50.1 Å². The predicted molar refractivity (Wildman–Crippen MR) is 77.9 cm³/mol. The summed E-state index contributed by atoms with van der Waals surface area (Å²) in [7, 11) is 0. The van der Waals surface area contributed by atoms with Crippen molar-refractivity contribution in [2.75, 3.05) is 37.6 Å². The maximum Gasteiger partial charge on any atom is 0.417 e. The molecule has 130 valence electrons. The Hall–Kier alpha value is -2.23. The standard InChI is InChI=1S/C14H16F4N6/c15-12-9-11(14(16,17)18)10-19-13(12)23-6-3-22(4-7-23)5-8-24-20-1-2-21-24/h1-2,9-10H,3-8H2. The first kappa shape index (κ1) is 16.6. The number of pyridine rings is 1. The molecule has 1 saturated heterocycles. The lowest BCUT2D eigenvalue weighted by molar-refractivity contribution is -0.138. The summed E-state index contributed by atoms with van der Waals surface area (Å²) in [6.07, 6.45) is -0.701. The summed E-state index contributed by atoms with van der Waals surface area (Å²) in [5.74, 6) is -0.976. The van der Waals surface area contributed by atoms with Crippen molar-refractivity contribution in [3.05, 3.63) is 36.0 Å². The third-order valence-electron chi connectivity index (χ3n) is 3.90. The SMILES string of the molecule is Fc1cc(C(F)(F)F)cnc1N1CCN(CCn2nccn2)CC1. The van der Waals surface area contributed by atoms with Crippen molar-refractivity contribution < 1.29 is 17.6 Å². The molecule has 0 aliphatic carbocycles. The van der Waals surface area contributed by atoms with Crippen molar-refractivity contribution >= 4 is 5.82 Å². The first-order valence-electron chi connectivity index (χ1n) is 7.47. The van der Waals surface area contributed by atoms with Crippen LogP contribution in [0.4, 0.5) is 23.4 Å². The Morgan fingerprint density at radius 2 is 1.67 bits per heavy atom. The second kappa shape index (κ2) is 6.71. The molecule has 0 atom stereocenters. The fraction of sp³-hybridized carbons (Fsp3) is 0.500. The fourth-order valence-corrected chi connectivity index (χ4v) is 2.59. The van der Waals surface area contributed by atoms with E-state index in [0.717, 1.165) is 6.54 Å². The van der Waals surface area contributed by atoms with Gasteiger partial charge >= 0.3 is 6.18 Å². The Labute approximate surface area is 135 Å². The molecule has 0 amide bonds. The highest BCUT2D eigenvalue weighted by Gasteiger charge is 2.32. The van der Waals surface area contributed by atoms with E-state index in [-0.39, 0.29) is 5.82 Å². The van der Waals surface area contributed by atoms with Crippen LogP contribution in [0.1, 0.15) is 5.56 Å².